The van der Waals surface area contributed by atoms with Crippen molar-refractivity contribution in [3.8, 4) is 0 Å². The summed E-state index contributed by atoms with van der Waals surface area (Å²) >= 11 is 2.88. The zero-order valence-electron chi connectivity index (χ0n) is 5.45. The van der Waals surface area contributed by atoms with Crippen LogP contribution in [0.2, 0.25) is 0 Å². The third kappa shape index (κ3) is 6.09. The minimum Gasteiger partial charge on any atom is -0.746 e. The maximum absolute atomic E-state index is 9.89. The zero-order valence-corrected chi connectivity index (χ0v) is 9.85. The Balaban J connectivity index is 0. The monoisotopic (exact) mass is 240 g/mol. The molecule has 10 heavy (non-hydrogen) atoms. The van der Waals surface area contributed by atoms with Crippen LogP contribution in [0.5, 0.6) is 0 Å². The van der Waals surface area contributed by atoms with Crippen LogP contribution in [0, 0.1) is 0 Å². The van der Waals surface area contributed by atoms with Crippen molar-refractivity contribution in [3.63, 3.8) is 0 Å². The Morgan fingerprint density at radius 2 is 2.00 bits per heavy atom. The van der Waals surface area contributed by atoms with E-state index in [-0.39, 0.29) is 36.0 Å². The van der Waals surface area contributed by atoms with Gasteiger partial charge in [-0.1, -0.05) is 15.9 Å². The minimum absolute atomic E-state index is 0. The summed E-state index contributed by atoms with van der Waals surface area (Å²) in [5.41, 5.74) is -1.77. The normalized spacial score (nSPS) is 13.9. The fourth-order valence-electron chi connectivity index (χ4n) is 0.238. The van der Waals surface area contributed by atoms with Crippen LogP contribution >= 0.6 is 15.9 Å². The molecule has 0 aromatic rings. The first-order valence-corrected chi connectivity index (χ1v) is 4.76. The van der Waals surface area contributed by atoms with E-state index in [1.54, 1.807) is 0 Å². The second kappa shape index (κ2) is 5.93. The number of aliphatic hydroxyl groups excluding tert-OH is 1. The summed E-state index contributed by atoms with van der Waals surface area (Å²) < 4.78 is 29.7. The van der Waals surface area contributed by atoms with E-state index < -0.39 is 15.6 Å². The minimum atomic E-state index is -4.49. The second-order valence-electron chi connectivity index (χ2n) is 1.43. The number of hydrogen-bond donors (Lipinski definition) is 1. The number of halogens is 1. The van der Waals surface area contributed by atoms with E-state index in [2.05, 4.69) is 15.9 Å². The fraction of sp³-hybridized carbons (Fsp3) is 1.00. The molecule has 56 valence electrons. The maximum Gasteiger partial charge on any atom is 1.00 e. The quantitative estimate of drug-likeness (QED) is 0.318. The van der Waals surface area contributed by atoms with Gasteiger partial charge in [-0.25, -0.2) is 8.42 Å². The van der Waals surface area contributed by atoms with Gasteiger partial charge >= 0.3 is 29.6 Å². The largest absolute Gasteiger partial charge is 1.00 e. The van der Waals surface area contributed by atoms with Crippen LogP contribution in [-0.4, -0.2) is 28.8 Å². The topological polar surface area (TPSA) is 77.4 Å². The van der Waals surface area contributed by atoms with E-state index in [4.69, 9.17) is 5.11 Å². The van der Waals surface area contributed by atoms with Gasteiger partial charge in [0.15, 0.2) is 0 Å². The van der Waals surface area contributed by atoms with Gasteiger partial charge in [-0.2, -0.15) is 0 Å². The van der Waals surface area contributed by atoms with Gasteiger partial charge in [-0.3, -0.25) is 0 Å². The van der Waals surface area contributed by atoms with Crippen LogP contribution in [0.1, 0.15) is 6.42 Å². The molecule has 0 heterocycles. The Kier molecular flexibility index (Phi) is 8.25. The molecule has 1 unspecified atom stereocenters. The first-order valence-electron chi connectivity index (χ1n) is 2.17. The van der Waals surface area contributed by atoms with Crippen LogP contribution in [0.15, 0.2) is 0 Å². The summed E-state index contributed by atoms with van der Waals surface area (Å²) in [5.74, 6) is 0. The van der Waals surface area contributed by atoms with Gasteiger partial charge in [0.1, 0.15) is 15.6 Å². The number of aliphatic hydroxyl groups is 1. The molecule has 1 atom stereocenters. The molecular formula is C3H6BrNaO4S. The van der Waals surface area contributed by atoms with Crippen molar-refractivity contribution in [1.82, 2.24) is 0 Å². The molecule has 0 saturated carbocycles. The Morgan fingerprint density at radius 1 is 1.60 bits per heavy atom. The molecule has 0 aromatic heterocycles. The van der Waals surface area contributed by atoms with Crippen LogP contribution in [0.3, 0.4) is 0 Å². The van der Waals surface area contributed by atoms with Crippen molar-refractivity contribution < 1.29 is 47.6 Å². The fourth-order valence-corrected chi connectivity index (χ4v) is 1.38. The van der Waals surface area contributed by atoms with Crippen LogP contribution in [0.4, 0.5) is 0 Å². The molecule has 0 aromatic carbocycles. The molecule has 0 spiro atoms. The Hall–Kier alpha value is 1.35. The van der Waals surface area contributed by atoms with Gasteiger partial charge in [0.25, 0.3) is 0 Å². The molecule has 1 N–H and O–H groups in total. The average molecular weight is 241 g/mol. The molecule has 7 heteroatoms. The molecule has 0 radical (unpaired) electrons. The molecule has 4 nitrogen and oxygen atoms in total. The molecular weight excluding hydrogens is 235 g/mol. The SMILES string of the molecule is O=S(=O)([O-])C(O)CCBr.[Na+]. The molecule has 0 saturated heterocycles. The predicted molar refractivity (Wildman–Crippen MR) is 34.1 cm³/mol. The van der Waals surface area contributed by atoms with E-state index >= 15 is 0 Å². The van der Waals surface area contributed by atoms with Crippen LogP contribution in [-0.2, 0) is 10.1 Å². The Labute approximate surface area is 90.2 Å². The smallest absolute Gasteiger partial charge is 0.746 e. The second-order valence-corrected chi connectivity index (χ2v) is 3.75. The average Bonchev–Trinajstić information content (AvgIpc) is 1.64. The van der Waals surface area contributed by atoms with Gasteiger partial charge in [0.05, 0.1) is 0 Å². The van der Waals surface area contributed by atoms with Crippen molar-refractivity contribution in [3.05, 3.63) is 0 Å². The van der Waals surface area contributed by atoms with Crippen molar-refractivity contribution in [1.29, 1.82) is 0 Å². The van der Waals surface area contributed by atoms with Gasteiger partial charge < -0.3 is 9.66 Å². The summed E-state index contributed by atoms with van der Waals surface area (Å²) in [7, 11) is -4.49. The van der Waals surface area contributed by atoms with E-state index in [9.17, 15) is 13.0 Å². The molecule has 0 aliphatic rings. The maximum atomic E-state index is 9.89. The zero-order chi connectivity index (χ0) is 7.49. The first-order chi connectivity index (χ1) is 3.98. The Morgan fingerprint density at radius 3 is 2.10 bits per heavy atom. The summed E-state index contributed by atoms with van der Waals surface area (Å²) in [6.07, 6.45) is -0.0637. The standard InChI is InChI=1S/C3H7BrO4S.Na/c4-2-1-3(5)9(6,7)8;/h3,5H,1-2H2,(H,6,7,8);/q;+1/p-1. The third-order valence-electron chi connectivity index (χ3n) is 0.689. The summed E-state index contributed by atoms with van der Waals surface area (Å²) in [4.78, 5) is 0. The molecule has 0 fully saturated rings. The summed E-state index contributed by atoms with van der Waals surface area (Å²) in [6, 6.07) is 0. The molecule has 0 bridgehead atoms. The van der Waals surface area contributed by atoms with Crippen molar-refractivity contribution in [2.45, 2.75) is 11.9 Å². The molecule has 0 aliphatic carbocycles. The number of rotatable bonds is 3. The first kappa shape index (κ1) is 13.9. The van der Waals surface area contributed by atoms with E-state index in [0.29, 0.717) is 5.33 Å². The predicted octanol–water partition coefficient (Wildman–Crippen LogP) is -3.36. The van der Waals surface area contributed by atoms with Crippen molar-refractivity contribution >= 4 is 26.0 Å². The number of hydrogen-bond acceptors (Lipinski definition) is 4. The third-order valence-corrected chi connectivity index (χ3v) is 2.05. The van der Waals surface area contributed by atoms with Crippen LogP contribution in [0.25, 0.3) is 0 Å². The van der Waals surface area contributed by atoms with Crippen molar-refractivity contribution in [2.75, 3.05) is 5.33 Å². The van der Waals surface area contributed by atoms with E-state index in [1.165, 1.54) is 0 Å². The number of alkyl halides is 1. The molecule has 0 amide bonds. The van der Waals surface area contributed by atoms with Gasteiger partial charge in [0, 0.05) is 5.33 Å². The van der Waals surface area contributed by atoms with Gasteiger partial charge in [-0.15, -0.1) is 0 Å². The van der Waals surface area contributed by atoms with Crippen molar-refractivity contribution in [2.24, 2.45) is 0 Å². The van der Waals surface area contributed by atoms with Gasteiger partial charge in [-0.05, 0) is 6.42 Å². The van der Waals surface area contributed by atoms with Crippen LogP contribution < -0.4 is 29.6 Å². The molecule has 0 aliphatic heterocycles. The van der Waals surface area contributed by atoms with E-state index in [0.717, 1.165) is 0 Å². The summed E-state index contributed by atoms with van der Waals surface area (Å²) in [6.45, 7) is 0. The molecule has 0 rings (SSSR count). The Bertz CT molecular complexity index is 167. The van der Waals surface area contributed by atoms with Gasteiger partial charge in [0.2, 0.25) is 0 Å². The summed E-state index contributed by atoms with van der Waals surface area (Å²) in [5, 5.41) is 8.76. The van der Waals surface area contributed by atoms with E-state index in [1.807, 2.05) is 0 Å².